The smallest absolute Gasteiger partial charge is 0.227 e. The van der Waals surface area contributed by atoms with Gasteiger partial charge in [-0.3, -0.25) is 4.79 Å². The van der Waals surface area contributed by atoms with Gasteiger partial charge in [-0.05, 0) is 56.0 Å². The molecular formula is C29H40N2O. The van der Waals surface area contributed by atoms with Crippen molar-refractivity contribution in [3.8, 4) is 11.1 Å². The van der Waals surface area contributed by atoms with Gasteiger partial charge in [0.1, 0.15) is 0 Å². The van der Waals surface area contributed by atoms with Gasteiger partial charge in [0.25, 0.3) is 0 Å². The lowest BCUT2D eigenvalue weighted by molar-refractivity contribution is -0.130. The van der Waals surface area contributed by atoms with Gasteiger partial charge in [-0.25, -0.2) is 0 Å². The number of rotatable bonds is 12. The predicted octanol–water partition coefficient (Wildman–Crippen LogP) is 7.39. The van der Waals surface area contributed by atoms with Crippen molar-refractivity contribution in [1.82, 2.24) is 9.47 Å². The van der Waals surface area contributed by atoms with Crippen LogP contribution in [-0.2, 0) is 17.8 Å². The molecule has 3 rings (SSSR count). The van der Waals surface area contributed by atoms with Crippen molar-refractivity contribution in [2.24, 2.45) is 0 Å². The minimum absolute atomic E-state index is 0.217. The summed E-state index contributed by atoms with van der Waals surface area (Å²) >= 11 is 0. The minimum Gasteiger partial charge on any atom is -0.347 e. The zero-order valence-electron chi connectivity index (χ0n) is 20.5. The maximum absolute atomic E-state index is 12.9. The number of unbranched alkanes of at least 4 members (excludes halogenated alkanes) is 5. The SMILES string of the molecule is CCCCCCCCn1cc(CC(=O)N(CC)CC)c2cc(-c3cccc(C)c3)ccc21. The van der Waals surface area contributed by atoms with Crippen LogP contribution in [0.1, 0.15) is 70.4 Å². The second-order valence-corrected chi connectivity index (χ2v) is 8.96. The van der Waals surface area contributed by atoms with Crippen LogP contribution >= 0.6 is 0 Å². The zero-order valence-corrected chi connectivity index (χ0v) is 20.5. The first kappa shape index (κ1) is 24.1. The van der Waals surface area contributed by atoms with E-state index in [2.05, 4.69) is 80.9 Å². The van der Waals surface area contributed by atoms with Crippen molar-refractivity contribution in [3.63, 3.8) is 0 Å². The Kier molecular flexibility index (Phi) is 8.96. The van der Waals surface area contributed by atoms with Crippen molar-refractivity contribution < 1.29 is 4.79 Å². The van der Waals surface area contributed by atoms with Crippen LogP contribution in [0.3, 0.4) is 0 Å². The number of aromatic nitrogens is 1. The third-order valence-corrected chi connectivity index (χ3v) is 6.53. The maximum Gasteiger partial charge on any atom is 0.227 e. The quantitative estimate of drug-likeness (QED) is 0.274. The molecule has 0 fully saturated rings. The van der Waals surface area contributed by atoms with E-state index >= 15 is 0 Å². The number of benzene rings is 2. The molecule has 0 saturated carbocycles. The number of carbonyl (C=O) groups excluding carboxylic acids is 1. The molecule has 0 N–H and O–H groups in total. The number of nitrogens with zero attached hydrogens (tertiary/aromatic N) is 2. The molecular weight excluding hydrogens is 392 g/mol. The molecule has 0 unspecified atom stereocenters. The Morgan fingerprint density at radius 1 is 0.875 bits per heavy atom. The molecule has 0 radical (unpaired) electrons. The first-order valence-electron chi connectivity index (χ1n) is 12.5. The lowest BCUT2D eigenvalue weighted by atomic mass is 10.0. The number of hydrogen-bond acceptors (Lipinski definition) is 1. The lowest BCUT2D eigenvalue weighted by Crippen LogP contribution is -2.31. The van der Waals surface area contributed by atoms with Crippen molar-refractivity contribution >= 4 is 16.8 Å². The minimum atomic E-state index is 0.217. The molecule has 1 heterocycles. The van der Waals surface area contributed by atoms with Gasteiger partial charge >= 0.3 is 0 Å². The van der Waals surface area contributed by atoms with Gasteiger partial charge in [0.2, 0.25) is 5.91 Å². The Hall–Kier alpha value is -2.55. The molecule has 0 atom stereocenters. The molecule has 0 aliphatic heterocycles. The summed E-state index contributed by atoms with van der Waals surface area (Å²) in [7, 11) is 0. The monoisotopic (exact) mass is 432 g/mol. The molecule has 0 bridgehead atoms. The van der Waals surface area contributed by atoms with Crippen LogP contribution in [0, 0.1) is 6.92 Å². The van der Waals surface area contributed by atoms with E-state index in [1.807, 2.05) is 4.90 Å². The highest BCUT2D eigenvalue weighted by Gasteiger charge is 2.16. The van der Waals surface area contributed by atoms with E-state index < -0.39 is 0 Å². The second kappa shape index (κ2) is 11.9. The first-order chi connectivity index (χ1) is 15.6. The standard InChI is InChI=1S/C29H40N2O/c1-5-8-9-10-11-12-18-31-22-26(21-29(32)30(6-2)7-3)27-20-25(16-17-28(27)31)24-15-13-14-23(4)19-24/h13-17,19-20,22H,5-12,18,21H2,1-4H3. The van der Waals surface area contributed by atoms with Gasteiger partial charge in [-0.1, -0.05) is 74.9 Å². The molecule has 3 aromatic rings. The van der Waals surface area contributed by atoms with E-state index in [1.54, 1.807) is 0 Å². The largest absolute Gasteiger partial charge is 0.347 e. The first-order valence-corrected chi connectivity index (χ1v) is 12.5. The number of amides is 1. The van der Waals surface area contributed by atoms with Crippen LogP contribution in [0.25, 0.3) is 22.0 Å². The van der Waals surface area contributed by atoms with Gasteiger partial charge in [0.05, 0.1) is 6.42 Å². The molecule has 1 amide bonds. The second-order valence-electron chi connectivity index (χ2n) is 8.96. The van der Waals surface area contributed by atoms with Gasteiger partial charge in [-0.2, -0.15) is 0 Å². The molecule has 0 aliphatic carbocycles. The maximum atomic E-state index is 12.9. The van der Waals surface area contributed by atoms with Crippen LogP contribution in [0.2, 0.25) is 0 Å². The summed E-state index contributed by atoms with van der Waals surface area (Å²) < 4.78 is 2.38. The van der Waals surface area contributed by atoms with Crippen molar-refractivity contribution in [2.75, 3.05) is 13.1 Å². The molecule has 0 spiro atoms. The van der Waals surface area contributed by atoms with Crippen LogP contribution in [0.15, 0.2) is 48.7 Å². The Morgan fingerprint density at radius 2 is 1.59 bits per heavy atom. The fourth-order valence-corrected chi connectivity index (χ4v) is 4.61. The molecule has 0 aliphatic rings. The van der Waals surface area contributed by atoms with Crippen LogP contribution in [0.5, 0.6) is 0 Å². The van der Waals surface area contributed by atoms with E-state index in [0.29, 0.717) is 6.42 Å². The zero-order chi connectivity index (χ0) is 22.9. The Morgan fingerprint density at radius 3 is 2.31 bits per heavy atom. The lowest BCUT2D eigenvalue weighted by Gasteiger charge is -2.18. The fraction of sp³-hybridized carbons (Fsp3) is 0.483. The van der Waals surface area contributed by atoms with Gasteiger partial charge in [0.15, 0.2) is 0 Å². The number of aryl methyl sites for hydroxylation is 2. The molecule has 0 saturated heterocycles. The van der Waals surface area contributed by atoms with E-state index in [4.69, 9.17) is 0 Å². The Balaban J connectivity index is 1.89. The number of likely N-dealkylation sites (N-methyl/N-ethyl adjacent to an activating group) is 1. The molecule has 3 heteroatoms. The van der Waals surface area contributed by atoms with E-state index in [0.717, 1.165) is 25.2 Å². The van der Waals surface area contributed by atoms with E-state index in [1.165, 1.54) is 66.1 Å². The summed E-state index contributed by atoms with van der Waals surface area (Å²) in [6.45, 7) is 11.1. The van der Waals surface area contributed by atoms with Gasteiger partial charge < -0.3 is 9.47 Å². The topological polar surface area (TPSA) is 25.2 Å². The Labute approximate surface area is 194 Å². The highest BCUT2D eigenvalue weighted by molar-refractivity contribution is 5.92. The van der Waals surface area contributed by atoms with Gasteiger partial charge in [-0.15, -0.1) is 0 Å². The van der Waals surface area contributed by atoms with Crippen LogP contribution in [0.4, 0.5) is 0 Å². The average molecular weight is 433 g/mol. The Bertz CT molecular complexity index is 1010. The summed E-state index contributed by atoms with van der Waals surface area (Å²) in [5.41, 5.74) is 6.11. The van der Waals surface area contributed by atoms with Crippen LogP contribution in [-0.4, -0.2) is 28.5 Å². The fourth-order valence-electron chi connectivity index (χ4n) is 4.61. The highest BCUT2D eigenvalue weighted by Crippen LogP contribution is 2.29. The molecule has 32 heavy (non-hydrogen) atoms. The number of fused-ring (bicyclic) bond motifs is 1. The summed E-state index contributed by atoms with van der Waals surface area (Å²) in [6, 6.07) is 15.4. The van der Waals surface area contributed by atoms with Gasteiger partial charge in [0, 0.05) is 36.7 Å². The summed E-state index contributed by atoms with van der Waals surface area (Å²) in [5, 5.41) is 1.22. The van der Waals surface area contributed by atoms with Crippen molar-refractivity contribution in [1.29, 1.82) is 0 Å². The number of carbonyl (C=O) groups is 1. The normalized spacial score (nSPS) is 11.2. The third kappa shape index (κ3) is 6.03. The summed E-state index contributed by atoms with van der Waals surface area (Å²) in [6.07, 6.45) is 10.5. The third-order valence-electron chi connectivity index (χ3n) is 6.53. The highest BCUT2D eigenvalue weighted by atomic mass is 16.2. The summed E-state index contributed by atoms with van der Waals surface area (Å²) in [5.74, 6) is 0.217. The molecule has 172 valence electrons. The van der Waals surface area contributed by atoms with Crippen molar-refractivity contribution in [3.05, 3.63) is 59.8 Å². The van der Waals surface area contributed by atoms with E-state index in [-0.39, 0.29) is 5.91 Å². The van der Waals surface area contributed by atoms with Crippen LogP contribution < -0.4 is 0 Å². The molecule has 2 aromatic carbocycles. The predicted molar refractivity (Wildman–Crippen MR) is 137 cm³/mol. The molecule has 3 nitrogen and oxygen atoms in total. The number of hydrogen-bond donors (Lipinski definition) is 0. The molecule has 1 aromatic heterocycles. The van der Waals surface area contributed by atoms with Crippen molar-refractivity contribution in [2.45, 2.75) is 79.2 Å². The van der Waals surface area contributed by atoms with E-state index in [9.17, 15) is 4.79 Å². The summed E-state index contributed by atoms with van der Waals surface area (Å²) in [4.78, 5) is 14.8. The average Bonchev–Trinajstić information content (AvgIpc) is 3.13.